The molecule has 0 unspecified atom stereocenters. The first-order valence-electron chi connectivity index (χ1n) is 10.7. The van der Waals surface area contributed by atoms with Gasteiger partial charge in [0.25, 0.3) is 0 Å². The standard InChI is InChI=1S/C23H30N2O4/c1-21(2)22(3)6-7-23(21,13-19(22)26)20(27)25-10-8-24(9-11-25)14-16-4-5-17-18(12-16)29-15-28-17/h4-5,12H,6-11,13-15H2,1-3H3/t22-,23+/m0/s1. The molecular formula is C23H30N2O4. The van der Waals surface area contributed by atoms with Gasteiger partial charge >= 0.3 is 0 Å². The van der Waals surface area contributed by atoms with Crippen LogP contribution in [0, 0.1) is 16.2 Å². The van der Waals surface area contributed by atoms with Crippen molar-refractivity contribution in [3.63, 3.8) is 0 Å². The Hall–Kier alpha value is -2.08. The number of Topliss-reactive ketones (excluding diaryl/α,β-unsaturated/α-hetero) is 1. The Kier molecular flexibility index (Phi) is 4.05. The normalized spacial score (nSPS) is 32.8. The minimum absolute atomic E-state index is 0.208. The number of hydrogen-bond donors (Lipinski definition) is 0. The summed E-state index contributed by atoms with van der Waals surface area (Å²) in [5.41, 5.74) is 0.0849. The molecule has 1 aromatic carbocycles. The lowest BCUT2D eigenvalue weighted by molar-refractivity contribution is -0.149. The number of nitrogens with zero attached hydrogens (tertiary/aromatic N) is 2. The summed E-state index contributed by atoms with van der Waals surface area (Å²) < 4.78 is 10.9. The highest BCUT2D eigenvalue weighted by Crippen LogP contribution is 2.71. The van der Waals surface area contributed by atoms with Crippen LogP contribution in [0.4, 0.5) is 0 Å². The van der Waals surface area contributed by atoms with Gasteiger partial charge in [0, 0.05) is 44.6 Å². The average molecular weight is 399 g/mol. The fourth-order valence-electron chi connectivity index (χ4n) is 6.04. The highest BCUT2D eigenvalue weighted by atomic mass is 16.7. The van der Waals surface area contributed by atoms with E-state index in [0.717, 1.165) is 57.1 Å². The van der Waals surface area contributed by atoms with Crippen LogP contribution in [0.1, 0.15) is 45.6 Å². The van der Waals surface area contributed by atoms with Gasteiger partial charge < -0.3 is 14.4 Å². The number of rotatable bonds is 3. The minimum Gasteiger partial charge on any atom is -0.454 e. The smallest absolute Gasteiger partial charge is 0.231 e. The number of ketones is 1. The molecule has 2 bridgehead atoms. The molecule has 2 saturated carbocycles. The monoisotopic (exact) mass is 398 g/mol. The number of benzene rings is 1. The van der Waals surface area contributed by atoms with Crippen LogP contribution < -0.4 is 9.47 Å². The van der Waals surface area contributed by atoms with Crippen LogP contribution in [-0.4, -0.2) is 54.5 Å². The maximum Gasteiger partial charge on any atom is 0.231 e. The molecular weight excluding hydrogens is 368 g/mol. The summed E-state index contributed by atoms with van der Waals surface area (Å²) in [5.74, 6) is 2.11. The predicted octanol–water partition coefficient (Wildman–Crippen LogP) is 2.85. The van der Waals surface area contributed by atoms with Gasteiger partial charge in [0.2, 0.25) is 12.7 Å². The van der Waals surface area contributed by atoms with E-state index in [1.165, 1.54) is 5.56 Å². The minimum atomic E-state index is -0.502. The summed E-state index contributed by atoms with van der Waals surface area (Å²) in [5, 5.41) is 0. The molecule has 29 heavy (non-hydrogen) atoms. The maximum atomic E-state index is 13.6. The van der Waals surface area contributed by atoms with E-state index in [1.807, 2.05) is 17.0 Å². The van der Waals surface area contributed by atoms with Crippen molar-refractivity contribution >= 4 is 11.7 Å². The van der Waals surface area contributed by atoms with Crippen LogP contribution in [0.15, 0.2) is 18.2 Å². The molecule has 1 amide bonds. The number of carbonyl (C=O) groups excluding carboxylic acids is 2. The first-order chi connectivity index (χ1) is 13.8. The Morgan fingerprint density at radius 2 is 1.76 bits per heavy atom. The van der Waals surface area contributed by atoms with E-state index in [0.29, 0.717) is 13.2 Å². The molecule has 0 spiro atoms. The quantitative estimate of drug-likeness (QED) is 0.784. The van der Waals surface area contributed by atoms with Crippen molar-refractivity contribution in [2.24, 2.45) is 16.2 Å². The van der Waals surface area contributed by atoms with Gasteiger partial charge in [-0.3, -0.25) is 14.5 Å². The van der Waals surface area contributed by atoms with Crippen LogP contribution in [0.25, 0.3) is 0 Å². The van der Waals surface area contributed by atoms with Gasteiger partial charge in [-0.25, -0.2) is 0 Å². The molecule has 0 N–H and O–H groups in total. The molecule has 5 rings (SSSR count). The molecule has 0 aromatic heterocycles. The maximum absolute atomic E-state index is 13.6. The van der Waals surface area contributed by atoms with Crippen molar-refractivity contribution in [2.75, 3.05) is 33.0 Å². The zero-order chi connectivity index (χ0) is 20.4. The van der Waals surface area contributed by atoms with E-state index in [1.54, 1.807) is 0 Å². The van der Waals surface area contributed by atoms with Crippen LogP contribution in [0.3, 0.4) is 0 Å². The Bertz CT molecular complexity index is 874. The fraction of sp³-hybridized carbons (Fsp3) is 0.652. The largest absolute Gasteiger partial charge is 0.454 e. The molecule has 2 aliphatic heterocycles. The van der Waals surface area contributed by atoms with Crippen LogP contribution in [0.5, 0.6) is 11.5 Å². The van der Waals surface area contributed by atoms with Crippen LogP contribution in [0.2, 0.25) is 0 Å². The summed E-state index contributed by atoms with van der Waals surface area (Å²) >= 11 is 0. The third kappa shape index (κ3) is 2.51. The third-order valence-electron chi connectivity index (χ3n) is 8.62. The first-order valence-corrected chi connectivity index (χ1v) is 10.7. The number of piperazine rings is 1. The molecule has 2 heterocycles. The van der Waals surface area contributed by atoms with E-state index in [4.69, 9.17) is 9.47 Å². The molecule has 6 nitrogen and oxygen atoms in total. The van der Waals surface area contributed by atoms with Gasteiger partial charge in [-0.2, -0.15) is 0 Å². The van der Waals surface area contributed by atoms with Crippen molar-refractivity contribution in [1.82, 2.24) is 9.80 Å². The molecule has 4 aliphatic rings. The molecule has 2 atom stereocenters. The summed E-state index contributed by atoms with van der Waals surface area (Å²) in [6.07, 6.45) is 2.11. The van der Waals surface area contributed by atoms with Gasteiger partial charge in [-0.15, -0.1) is 0 Å². The second kappa shape index (κ2) is 6.21. The van der Waals surface area contributed by atoms with E-state index in [2.05, 4.69) is 31.7 Å². The van der Waals surface area contributed by atoms with Gasteiger partial charge in [-0.1, -0.05) is 26.8 Å². The summed E-state index contributed by atoms with van der Waals surface area (Å²) in [6.45, 7) is 10.6. The topological polar surface area (TPSA) is 59.1 Å². The summed E-state index contributed by atoms with van der Waals surface area (Å²) in [6, 6.07) is 6.09. The molecule has 2 aliphatic carbocycles. The molecule has 1 aromatic rings. The van der Waals surface area contributed by atoms with Crippen molar-refractivity contribution in [3.05, 3.63) is 23.8 Å². The molecule has 6 heteroatoms. The van der Waals surface area contributed by atoms with E-state index in [-0.39, 0.29) is 22.5 Å². The Morgan fingerprint density at radius 1 is 1.03 bits per heavy atom. The van der Waals surface area contributed by atoms with Crippen molar-refractivity contribution < 1.29 is 19.1 Å². The van der Waals surface area contributed by atoms with E-state index < -0.39 is 5.41 Å². The van der Waals surface area contributed by atoms with Crippen molar-refractivity contribution in [2.45, 2.75) is 46.6 Å². The number of carbonyl (C=O) groups is 2. The lowest BCUT2D eigenvalue weighted by atomic mass is 9.64. The van der Waals surface area contributed by atoms with E-state index >= 15 is 0 Å². The van der Waals surface area contributed by atoms with Crippen LogP contribution >= 0.6 is 0 Å². The lowest BCUT2D eigenvalue weighted by Crippen LogP contribution is -2.55. The van der Waals surface area contributed by atoms with Crippen molar-refractivity contribution in [1.29, 1.82) is 0 Å². The Balaban J connectivity index is 1.24. The summed E-state index contributed by atoms with van der Waals surface area (Å²) in [7, 11) is 0. The number of amides is 1. The first kappa shape index (κ1) is 18.9. The zero-order valence-corrected chi connectivity index (χ0v) is 17.6. The number of fused-ring (bicyclic) bond motifs is 3. The van der Waals surface area contributed by atoms with Gasteiger partial charge in [-0.05, 0) is 36.0 Å². The van der Waals surface area contributed by atoms with Gasteiger partial charge in [0.1, 0.15) is 5.78 Å². The van der Waals surface area contributed by atoms with Crippen LogP contribution in [-0.2, 0) is 16.1 Å². The van der Waals surface area contributed by atoms with Crippen molar-refractivity contribution in [3.8, 4) is 11.5 Å². The second-order valence-electron chi connectivity index (χ2n) is 9.90. The summed E-state index contributed by atoms with van der Waals surface area (Å²) in [4.78, 5) is 30.7. The lowest BCUT2D eigenvalue weighted by Gasteiger charge is -2.44. The Morgan fingerprint density at radius 3 is 2.41 bits per heavy atom. The zero-order valence-electron chi connectivity index (χ0n) is 17.6. The Labute approximate surface area is 172 Å². The fourth-order valence-corrected chi connectivity index (χ4v) is 6.04. The molecule has 0 radical (unpaired) electrons. The van der Waals surface area contributed by atoms with Gasteiger partial charge in [0.05, 0.1) is 5.41 Å². The SMILES string of the molecule is CC1(C)[C@]2(C(=O)N3CCN(Cc4ccc5c(c4)OCO5)CC3)CC[C@@]1(C)C(=O)C2. The number of ether oxygens (including phenoxy) is 2. The van der Waals surface area contributed by atoms with E-state index in [9.17, 15) is 9.59 Å². The second-order valence-corrected chi connectivity index (χ2v) is 9.90. The molecule has 156 valence electrons. The van der Waals surface area contributed by atoms with Gasteiger partial charge in [0.15, 0.2) is 11.5 Å². The number of hydrogen-bond acceptors (Lipinski definition) is 5. The molecule has 3 fully saturated rings. The highest BCUT2D eigenvalue weighted by molar-refractivity contribution is 5.99. The third-order valence-corrected chi connectivity index (χ3v) is 8.62. The molecule has 1 saturated heterocycles. The predicted molar refractivity (Wildman–Crippen MR) is 108 cm³/mol. The average Bonchev–Trinajstić information content (AvgIpc) is 3.29. The highest BCUT2D eigenvalue weighted by Gasteiger charge is 2.73.